The van der Waals surface area contributed by atoms with Crippen molar-refractivity contribution < 1.29 is 19.1 Å². The third-order valence-corrected chi connectivity index (χ3v) is 5.05. The van der Waals surface area contributed by atoms with Gasteiger partial charge >= 0.3 is 5.97 Å². The van der Waals surface area contributed by atoms with Gasteiger partial charge in [-0.15, -0.1) is 11.3 Å². The van der Waals surface area contributed by atoms with Crippen molar-refractivity contribution in [2.75, 3.05) is 33.5 Å². The standard InChI is InChI=1S/C19H25N3O4S/c1-5-26-19(24)15-14(16(18(23)21-2)27-17(15)20)11-22(3)10-12-6-8-13(25-4)9-7-12/h6-9H,5,10-11,20H2,1-4H3,(H,21,23). The monoisotopic (exact) mass is 391 g/mol. The Morgan fingerprint density at radius 3 is 2.44 bits per heavy atom. The largest absolute Gasteiger partial charge is 0.497 e. The second-order valence-corrected chi connectivity index (χ2v) is 7.02. The molecule has 2 aromatic rings. The van der Waals surface area contributed by atoms with Crippen LogP contribution in [0.25, 0.3) is 0 Å². The zero-order valence-corrected chi connectivity index (χ0v) is 16.8. The molecular weight excluding hydrogens is 366 g/mol. The van der Waals surface area contributed by atoms with Crippen LogP contribution in [0.4, 0.5) is 5.00 Å². The van der Waals surface area contributed by atoms with E-state index in [1.165, 1.54) is 0 Å². The Morgan fingerprint density at radius 2 is 1.89 bits per heavy atom. The van der Waals surface area contributed by atoms with Gasteiger partial charge in [-0.3, -0.25) is 9.69 Å². The van der Waals surface area contributed by atoms with Gasteiger partial charge in [0.05, 0.1) is 24.2 Å². The first kappa shape index (κ1) is 20.7. The van der Waals surface area contributed by atoms with E-state index in [9.17, 15) is 9.59 Å². The van der Waals surface area contributed by atoms with Crippen molar-refractivity contribution in [3.8, 4) is 5.75 Å². The summed E-state index contributed by atoms with van der Waals surface area (Å²) in [7, 11) is 5.09. The maximum Gasteiger partial charge on any atom is 0.341 e. The van der Waals surface area contributed by atoms with Crippen LogP contribution in [0.5, 0.6) is 5.75 Å². The summed E-state index contributed by atoms with van der Waals surface area (Å²) >= 11 is 1.10. The average Bonchev–Trinajstić information content (AvgIpc) is 2.97. The molecule has 0 aliphatic carbocycles. The van der Waals surface area contributed by atoms with E-state index in [1.54, 1.807) is 21.1 Å². The molecule has 146 valence electrons. The summed E-state index contributed by atoms with van der Waals surface area (Å²) in [6, 6.07) is 7.74. The number of hydrogen-bond donors (Lipinski definition) is 2. The third kappa shape index (κ3) is 4.99. The minimum atomic E-state index is -0.505. The summed E-state index contributed by atoms with van der Waals surface area (Å²) in [5, 5.41) is 2.89. The molecule has 0 aliphatic rings. The van der Waals surface area contributed by atoms with Crippen molar-refractivity contribution in [3.05, 3.63) is 45.8 Å². The molecule has 0 saturated heterocycles. The van der Waals surface area contributed by atoms with E-state index < -0.39 is 5.97 Å². The fourth-order valence-corrected chi connectivity index (χ4v) is 3.74. The summed E-state index contributed by atoms with van der Waals surface area (Å²) in [6.07, 6.45) is 0. The van der Waals surface area contributed by atoms with Gasteiger partial charge in [0.1, 0.15) is 10.8 Å². The lowest BCUT2D eigenvalue weighted by atomic mass is 10.1. The normalized spacial score (nSPS) is 10.7. The third-order valence-electron chi connectivity index (χ3n) is 3.99. The number of esters is 1. The van der Waals surface area contributed by atoms with E-state index in [4.69, 9.17) is 15.2 Å². The van der Waals surface area contributed by atoms with E-state index in [0.717, 1.165) is 22.6 Å². The van der Waals surface area contributed by atoms with E-state index in [-0.39, 0.29) is 18.1 Å². The number of rotatable bonds is 8. The molecule has 0 spiro atoms. The quantitative estimate of drug-likeness (QED) is 0.672. The van der Waals surface area contributed by atoms with Crippen molar-refractivity contribution in [1.29, 1.82) is 0 Å². The Hall–Kier alpha value is -2.58. The van der Waals surface area contributed by atoms with Gasteiger partial charge in [0, 0.05) is 25.7 Å². The molecule has 1 amide bonds. The number of anilines is 1. The molecule has 3 N–H and O–H groups in total. The van der Waals surface area contributed by atoms with Crippen molar-refractivity contribution in [2.24, 2.45) is 0 Å². The maximum absolute atomic E-state index is 12.4. The highest BCUT2D eigenvalue weighted by molar-refractivity contribution is 7.18. The number of ether oxygens (including phenoxy) is 2. The second-order valence-electron chi connectivity index (χ2n) is 5.97. The van der Waals surface area contributed by atoms with E-state index in [2.05, 4.69) is 5.32 Å². The van der Waals surface area contributed by atoms with Gasteiger partial charge in [0.25, 0.3) is 5.91 Å². The summed E-state index contributed by atoms with van der Waals surface area (Å²) in [5.74, 6) is 0.0165. The number of thiophene rings is 1. The first-order valence-electron chi connectivity index (χ1n) is 8.53. The zero-order valence-electron chi connectivity index (χ0n) is 16.0. The number of nitrogens with one attached hydrogen (secondary N) is 1. The number of amides is 1. The van der Waals surface area contributed by atoms with Crippen LogP contribution in [0, 0.1) is 0 Å². The summed E-state index contributed by atoms with van der Waals surface area (Å²) in [5.41, 5.74) is 7.98. The van der Waals surface area contributed by atoms with Crippen LogP contribution in [0.2, 0.25) is 0 Å². The van der Waals surface area contributed by atoms with Crippen LogP contribution in [0.3, 0.4) is 0 Å². The van der Waals surface area contributed by atoms with Crippen molar-refractivity contribution in [3.63, 3.8) is 0 Å². The molecule has 1 heterocycles. The number of hydrogen-bond acceptors (Lipinski definition) is 7. The van der Waals surface area contributed by atoms with Gasteiger partial charge in [0.15, 0.2) is 0 Å². The number of benzene rings is 1. The van der Waals surface area contributed by atoms with E-state index >= 15 is 0 Å². The molecular formula is C19H25N3O4S. The SMILES string of the molecule is CCOC(=O)c1c(N)sc(C(=O)NC)c1CN(C)Cc1ccc(OC)cc1. The lowest BCUT2D eigenvalue weighted by Gasteiger charge is -2.18. The minimum Gasteiger partial charge on any atom is -0.497 e. The van der Waals surface area contributed by atoms with Crippen LogP contribution in [0.15, 0.2) is 24.3 Å². The predicted molar refractivity (Wildman–Crippen MR) is 106 cm³/mol. The molecule has 1 aromatic carbocycles. The Bertz CT molecular complexity index is 802. The number of methoxy groups -OCH3 is 1. The molecule has 0 saturated carbocycles. The lowest BCUT2D eigenvalue weighted by molar-refractivity contribution is 0.0526. The molecule has 0 radical (unpaired) electrons. The minimum absolute atomic E-state index is 0.241. The molecule has 1 aromatic heterocycles. The highest BCUT2D eigenvalue weighted by Crippen LogP contribution is 2.33. The van der Waals surface area contributed by atoms with Crippen LogP contribution in [-0.2, 0) is 17.8 Å². The van der Waals surface area contributed by atoms with Crippen LogP contribution < -0.4 is 15.8 Å². The molecule has 0 unspecified atom stereocenters. The molecule has 0 aliphatic heterocycles. The summed E-state index contributed by atoms with van der Waals surface area (Å²) < 4.78 is 10.3. The fraction of sp³-hybridized carbons (Fsp3) is 0.368. The Labute approximate surface area is 163 Å². The number of nitrogens with two attached hydrogens (primary N) is 1. The van der Waals surface area contributed by atoms with Crippen LogP contribution in [0.1, 0.15) is 38.1 Å². The maximum atomic E-state index is 12.4. The smallest absolute Gasteiger partial charge is 0.341 e. The average molecular weight is 391 g/mol. The molecule has 7 nitrogen and oxygen atoms in total. The van der Waals surface area contributed by atoms with E-state index in [0.29, 0.717) is 28.5 Å². The predicted octanol–water partition coefficient (Wildman–Crippen LogP) is 2.51. The van der Waals surface area contributed by atoms with Crippen LogP contribution in [-0.4, -0.2) is 44.6 Å². The van der Waals surface area contributed by atoms with Gasteiger partial charge < -0.3 is 20.5 Å². The topological polar surface area (TPSA) is 93.9 Å². The zero-order chi connectivity index (χ0) is 20.0. The summed E-state index contributed by atoms with van der Waals surface area (Å²) in [6.45, 7) is 2.99. The first-order chi connectivity index (χ1) is 12.9. The van der Waals surface area contributed by atoms with Gasteiger partial charge in [-0.2, -0.15) is 0 Å². The van der Waals surface area contributed by atoms with Crippen LogP contribution >= 0.6 is 11.3 Å². The van der Waals surface area contributed by atoms with Crippen molar-refractivity contribution in [1.82, 2.24) is 10.2 Å². The highest BCUT2D eigenvalue weighted by atomic mass is 32.1. The van der Waals surface area contributed by atoms with Crippen molar-refractivity contribution >= 4 is 28.2 Å². The summed E-state index contributed by atoms with van der Waals surface area (Å²) in [4.78, 5) is 27.1. The first-order valence-corrected chi connectivity index (χ1v) is 9.34. The molecule has 8 heteroatoms. The Morgan fingerprint density at radius 1 is 1.22 bits per heavy atom. The number of carbonyl (C=O) groups excluding carboxylic acids is 2. The van der Waals surface area contributed by atoms with E-state index in [1.807, 2.05) is 36.2 Å². The Balaban J connectivity index is 2.28. The molecule has 2 rings (SSSR count). The molecule has 0 fully saturated rings. The molecule has 0 atom stereocenters. The fourth-order valence-electron chi connectivity index (χ4n) is 2.73. The molecule has 0 bridgehead atoms. The lowest BCUT2D eigenvalue weighted by Crippen LogP contribution is -2.23. The number of nitrogen functional groups attached to an aromatic ring is 1. The second kappa shape index (κ2) is 9.38. The van der Waals surface area contributed by atoms with Gasteiger partial charge in [-0.1, -0.05) is 12.1 Å². The van der Waals surface area contributed by atoms with Gasteiger partial charge in [-0.05, 0) is 31.7 Å². The number of nitrogens with zero attached hydrogens (tertiary/aromatic N) is 1. The van der Waals surface area contributed by atoms with Gasteiger partial charge in [0.2, 0.25) is 0 Å². The highest BCUT2D eigenvalue weighted by Gasteiger charge is 2.27. The number of carbonyl (C=O) groups is 2. The van der Waals surface area contributed by atoms with Gasteiger partial charge in [-0.25, -0.2) is 4.79 Å². The molecule has 27 heavy (non-hydrogen) atoms. The van der Waals surface area contributed by atoms with Crippen molar-refractivity contribution in [2.45, 2.75) is 20.0 Å². The Kier molecular flexibility index (Phi) is 7.20.